The van der Waals surface area contributed by atoms with Crippen molar-refractivity contribution in [1.29, 1.82) is 0 Å². The molecule has 0 amide bonds. The largest absolute Gasteiger partial charge is 0.377 e. The van der Waals surface area contributed by atoms with Gasteiger partial charge in [0.05, 0.1) is 16.8 Å². The first-order valence-electron chi connectivity index (χ1n) is 5.59. The van der Waals surface area contributed by atoms with E-state index in [9.17, 15) is 0 Å². The summed E-state index contributed by atoms with van der Waals surface area (Å²) >= 11 is 6.15. The zero-order chi connectivity index (χ0) is 12.3. The van der Waals surface area contributed by atoms with E-state index < -0.39 is 0 Å². The van der Waals surface area contributed by atoms with Crippen LogP contribution in [0.3, 0.4) is 0 Å². The van der Waals surface area contributed by atoms with E-state index in [0.717, 1.165) is 16.3 Å². The standard InChI is InChI=1S/C14H15ClN2/c1-10-5-6-13(15)14(8-10)17-11(2)12-4-3-7-16-9-12/h3-9,11,17H,1-2H3. The second-order valence-corrected chi connectivity index (χ2v) is 4.54. The lowest BCUT2D eigenvalue weighted by Gasteiger charge is -2.16. The average Bonchev–Trinajstić information content (AvgIpc) is 2.35. The minimum absolute atomic E-state index is 0.183. The van der Waals surface area contributed by atoms with Gasteiger partial charge in [0.1, 0.15) is 0 Å². The molecule has 88 valence electrons. The van der Waals surface area contributed by atoms with Crippen molar-refractivity contribution in [1.82, 2.24) is 4.98 Å². The van der Waals surface area contributed by atoms with Crippen molar-refractivity contribution in [2.24, 2.45) is 0 Å². The molecule has 17 heavy (non-hydrogen) atoms. The van der Waals surface area contributed by atoms with E-state index in [0.29, 0.717) is 0 Å². The molecule has 0 aliphatic heterocycles. The van der Waals surface area contributed by atoms with Crippen LogP contribution in [0, 0.1) is 6.92 Å². The molecule has 0 aliphatic rings. The Hall–Kier alpha value is -1.54. The molecule has 0 aliphatic carbocycles. The van der Waals surface area contributed by atoms with Crippen LogP contribution in [-0.2, 0) is 0 Å². The molecule has 1 aromatic heterocycles. The first kappa shape index (κ1) is 11.9. The lowest BCUT2D eigenvalue weighted by atomic mass is 10.1. The summed E-state index contributed by atoms with van der Waals surface area (Å²) < 4.78 is 0. The molecule has 1 N–H and O–H groups in total. The van der Waals surface area contributed by atoms with Crippen LogP contribution in [0.2, 0.25) is 5.02 Å². The zero-order valence-corrected chi connectivity index (χ0v) is 10.7. The van der Waals surface area contributed by atoms with Gasteiger partial charge in [0.15, 0.2) is 0 Å². The van der Waals surface area contributed by atoms with Crippen molar-refractivity contribution in [3.63, 3.8) is 0 Å². The molecule has 0 saturated heterocycles. The van der Waals surface area contributed by atoms with E-state index in [2.05, 4.69) is 30.2 Å². The fourth-order valence-electron chi connectivity index (χ4n) is 1.70. The molecule has 1 unspecified atom stereocenters. The highest BCUT2D eigenvalue weighted by Crippen LogP contribution is 2.26. The van der Waals surface area contributed by atoms with Crippen LogP contribution in [0.4, 0.5) is 5.69 Å². The van der Waals surface area contributed by atoms with Gasteiger partial charge in [0.2, 0.25) is 0 Å². The predicted octanol–water partition coefficient (Wildman–Crippen LogP) is 4.22. The van der Waals surface area contributed by atoms with Crippen molar-refractivity contribution >= 4 is 17.3 Å². The number of halogens is 1. The van der Waals surface area contributed by atoms with Crippen LogP contribution in [0.15, 0.2) is 42.7 Å². The van der Waals surface area contributed by atoms with Gasteiger partial charge in [0.25, 0.3) is 0 Å². The number of rotatable bonds is 3. The average molecular weight is 247 g/mol. The monoisotopic (exact) mass is 246 g/mol. The SMILES string of the molecule is Cc1ccc(Cl)c(NC(C)c2cccnc2)c1. The minimum atomic E-state index is 0.183. The number of aryl methyl sites for hydroxylation is 1. The van der Waals surface area contributed by atoms with Gasteiger partial charge in [-0.15, -0.1) is 0 Å². The summed E-state index contributed by atoms with van der Waals surface area (Å²) in [6.45, 7) is 4.14. The Balaban J connectivity index is 2.18. The molecular formula is C14H15ClN2. The number of hydrogen-bond acceptors (Lipinski definition) is 2. The second-order valence-electron chi connectivity index (χ2n) is 4.14. The smallest absolute Gasteiger partial charge is 0.0637 e. The van der Waals surface area contributed by atoms with Gasteiger partial charge in [-0.3, -0.25) is 4.98 Å². The normalized spacial score (nSPS) is 12.2. The first-order chi connectivity index (χ1) is 8.16. The second kappa shape index (κ2) is 5.19. The first-order valence-corrected chi connectivity index (χ1v) is 5.97. The fourth-order valence-corrected chi connectivity index (χ4v) is 1.87. The summed E-state index contributed by atoms with van der Waals surface area (Å²) in [6, 6.07) is 10.1. The number of nitrogens with zero attached hydrogens (tertiary/aromatic N) is 1. The highest BCUT2D eigenvalue weighted by Gasteiger charge is 2.07. The molecule has 1 aromatic carbocycles. The Morgan fingerprint density at radius 2 is 2.12 bits per heavy atom. The highest BCUT2D eigenvalue weighted by atomic mass is 35.5. The van der Waals surface area contributed by atoms with E-state index in [1.54, 1.807) is 6.20 Å². The predicted molar refractivity (Wildman–Crippen MR) is 72.5 cm³/mol. The maximum absolute atomic E-state index is 6.15. The van der Waals surface area contributed by atoms with Crippen LogP contribution in [0.1, 0.15) is 24.1 Å². The maximum atomic E-state index is 6.15. The molecular weight excluding hydrogens is 232 g/mol. The Morgan fingerprint density at radius 3 is 2.82 bits per heavy atom. The number of pyridine rings is 1. The fraction of sp³-hybridized carbons (Fsp3) is 0.214. The molecule has 3 heteroatoms. The van der Waals surface area contributed by atoms with Crippen molar-refractivity contribution in [2.45, 2.75) is 19.9 Å². The van der Waals surface area contributed by atoms with Gasteiger partial charge in [-0.25, -0.2) is 0 Å². The Labute approximate surface area is 107 Å². The van der Waals surface area contributed by atoms with Crippen LogP contribution < -0.4 is 5.32 Å². The summed E-state index contributed by atoms with van der Waals surface area (Å²) in [5.74, 6) is 0. The van der Waals surface area contributed by atoms with Gasteiger partial charge >= 0.3 is 0 Å². The quantitative estimate of drug-likeness (QED) is 0.877. The summed E-state index contributed by atoms with van der Waals surface area (Å²) in [5.41, 5.74) is 3.29. The third-order valence-electron chi connectivity index (χ3n) is 2.68. The highest BCUT2D eigenvalue weighted by molar-refractivity contribution is 6.33. The van der Waals surface area contributed by atoms with Crippen LogP contribution in [0.25, 0.3) is 0 Å². The maximum Gasteiger partial charge on any atom is 0.0637 e. The molecule has 2 aromatic rings. The summed E-state index contributed by atoms with van der Waals surface area (Å²) in [5, 5.41) is 4.14. The molecule has 1 atom stereocenters. The van der Waals surface area contributed by atoms with Gasteiger partial charge in [0, 0.05) is 12.4 Å². The number of hydrogen-bond donors (Lipinski definition) is 1. The molecule has 0 saturated carbocycles. The van der Waals surface area contributed by atoms with Crippen molar-refractivity contribution in [3.8, 4) is 0 Å². The van der Waals surface area contributed by atoms with Crippen LogP contribution in [0.5, 0.6) is 0 Å². The molecule has 0 bridgehead atoms. The molecule has 2 rings (SSSR count). The molecule has 0 radical (unpaired) electrons. The van der Waals surface area contributed by atoms with E-state index in [4.69, 9.17) is 11.6 Å². The van der Waals surface area contributed by atoms with Crippen molar-refractivity contribution in [3.05, 3.63) is 58.9 Å². The Kier molecular flexibility index (Phi) is 3.64. The minimum Gasteiger partial charge on any atom is -0.377 e. The van der Waals surface area contributed by atoms with E-state index in [1.807, 2.05) is 30.5 Å². The van der Waals surface area contributed by atoms with Gasteiger partial charge < -0.3 is 5.32 Å². The van der Waals surface area contributed by atoms with Crippen LogP contribution in [-0.4, -0.2) is 4.98 Å². The summed E-state index contributed by atoms with van der Waals surface area (Å²) in [4.78, 5) is 4.11. The number of nitrogens with one attached hydrogen (secondary N) is 1. The van der Waals surface area contributed by atoms with Crippen molar-refractivity contribution in [2.75, 3.05) is 5.32 Å². The number of benzene rings is 1. The number of anilines is 1. The van der Waals surface area contributed by atoms with Crippen molar-refractivity contribution < 1.29 is 0 Å². The summed E-state index contributed by atoms with van der Waals surface area (Å²) in [7, 11) is 0. The van der Waals surface area contributed by atoms with Gasteiger partial charge in [-0.1, -0.05) is 23.7 Å². The lowest BCUT2D eigenvalue weighted by molar-refractivity contribution is 0.875. The van der Waals surface area contributed by atoms with E-state index >= 15 is 0 Å². The molecule has 0 fully saturated rings. The zero-order valence-electron chi connectivity index (χ0n) is 9.94. The van der Waals surface area contributed by atoms with E-state index in [1.165, 1.54) is 5.56 Å². The third kappa shape index (κ3) is 2.98. The molecule has 0 spiro atoms. The Bertz CT molecular complexity index is 497. The molecule has 2 nitrogen and oxygen atoms in total. The lowest BCUT2D eigenvalue weighted by Crippen LogP contribution is -2.07. The Morgan fingerprint density at radius 1 is 1.29 bits per heavy atom. The molecule has 1 heterocycles. The van der Waals surface area contributed by atoms with Gasteiger partial charge in [-0.05, 0) is 43.2 Å². The number of aromatic nitrogens is 1. The van der Waals surface area contributed by atoms with E-state index in [-0.39, 0.29) is 6.04 Å². The third-order valence-corrected chi connectivity index (χ3v) is 3.01. The van der Waals surface area contributed by atoms with Gasteiger partial charge in [-0.2, -0.15) is 0 Å². The summed E-state index contributed by atoms with van der Waals surface area (Å²) in [6.07, 6.45) is 3.64. The van der Waals surface area contributed by atoms with Crippen LogP contribution >= 0.6 is 11.6 Å². The topological polar surface area (TPSA) is 24.9 Å².